The molecule has 0 saturated carbocycles. The van der Waals surface area contributed by atoms with Crippen molar-refractivity contribution in [2.24, 2.45) is 0 Å². The van der Waals surface area contributed by atoms with Crippen LogP contribution in [0.5, 0.6) is 0 Å². The smallest absolute Gasteiger partial charge is 0.407 e. The number of fused-ring (bicyclic) bond motifs is 1. The molecule has 1 spiro atoms. The van der Waals surface area contributed by atoms with E-state index in [9.17, 15) is 4.79 Å². The van der Waals surface area contributed by atoms with Crippen LogP contribution in [0.4, 0.5) is 10.6 Å². The number of hydrogen-bond acceptors (Lipinski definition) is 4. The van der Waals surface area contributed by atoms with Crippen LogP contribution in [-0.2, 0) is 0 Å². The van der Waals surface area contributed by atoms with E-state index in [-0.39, 0.29) is 5.54 Å². The van der Waals surface area contributed by atoms with Crippen LogP contribution < -0.4 is 4.90 Å². The minimum Gasteiger partial charge on any atom is -0.465 e. The first kappa shape index (κ1) is 15.2. The normalized spacial score (nSPS) is 18.4. The second-order valence-electron chi connectivity index (χ2n) is 6.59. The van der Waals surface area contributed by atoms with Gasteiger partial charge < -0.3 is 14.9 Å². The molecule has 2 aromatic rings. The molecular weight excluding hydrogens is 328 g/mol. The van der Waals surface area contributed by atoms with E-state index in [4.69, 9.17) is 16.7 Å². The number of aromatic nitrogens is 2. The topological polar surface area (TPSA) is 69.6 Å². The number of halogens is 1. The zero-order valence-electron chi connectivity index (χ0n) is 13.3. The molecule has 6 nitrogen and oxygen atoms in total. The van der Waals surface area contributed by atoms with Gasteiger partial charge in [-0.15, -0.1) is 0 Å². The van der Waals surface area contributed by atoms with E-state index < -0.39 is 6.09 Å². The summed E-state index contributed by atoms with van der Waals surface area (Å²) in [5.41, 5.74) is 1.75. The van der Waals surface area contributed by atoms with Crippen molar-refractivity contribution >= 4 is 39.9 Å². The Bertz CT molecular complexity index is 876. The highest BCUT2D eigenvalue weighted by atomic mass is 35.5. The van der Waals surface area contributed by atoms with Crippen molar-refractivity contribution in [1.29, 1.82) is 0 Å². The zero-order valence-corrected chi connectivity index (χ0v) is 14.0. The van der Waals surface area contributed by atoms with Crippen LogP contribution in [0.2, 0.25) is 5.15 Å². The molecule has 0 unspecified atom stereocenters. The van der Waals surface area contributed by atoms with Gasteiger partial charge in [0, 0.05) is 43.0 Å². The third-order valence-electron chi connectivity index (χ3n) is 5.05. The fraction of sp³-hybridized carbons (Fsp3) is 0.353. The van der Waals surface area contributed by atoms with Gasteiger partial charge >= 0.3 is 6.09 Å². The second-order valence-corrected chi connectivity index (χ2v) is 6.98. The molecule has 2 saturated heterocycles. The van der Waals surface area contributed by atoms with Crippen LogP contribution in [0.25, 0.3) is 16.3 Å². The molecule has 0 aliphatic carbocycles. The largest absolute Gasteiger partial charge is 0.465 e. The molecule has 2 aliphatic heterocycles. The predicted molar refractivity (Wildman–Crippen MR) is 93.5 cm³/mol. The monoisotopic (exact) mass is 344 g/mol. The summed E-state index contributed by atoms with van der Waals surface area (Å²) in [6, 6.07) is 1.84. The Morgan fingerprint density at radius 3 is 2.67 bits per heavy atom. The third-order valence-corrected chi connectivity index (χ3v) is 5.25. The van der Waals surface area contributed by atoms with Crippen molar-refractivity contribution in [2.75, 3.05) is 24.5 Å². The summed E-state index contributed by atoms with van der Waals surface area (Å²) in [7, 11) is 0. The van der Waals surface area contributed by atoms with E-state index in [1.807, 2.05) is 19.2 Å². The summed E-state index contributed by atoms with van der Waals surface area (Å²) in [6.45, 7) is 7.86. The molecule has 0 aromatic carbocycles. The van der Waals surface area contributed by atoms with E-state index in [2.05, 4.69) is 21.4 Å². The summed E-state index contributed by atoms with van der Waals surface area (Å²) in [5.74, 6) is 0.843. The van der Waals surface area contributed by atoms with Crippen molar-refractivity contribution in [3.63, 3.8) is 0 Å². The lowest BCUT2D eigenvalue weighted by Gasteiger charge is -2.62. The molecule has 4 heterocycles. The lowest BCUT2D eigenvalue weighted by atomic mass is 9.77. The van der Waals surface area contributed by atoms with Crippen LogP contribution >= 0.6 is 11.6 Å². The van der Waals surface area contributed by atoms with Gasteiger partial charge in [-0.25, -0.2) is 14.8 Å². The summed E-state index contributed by atoms with van der Waals surface area (Å²) in [5, 5.41) is 11.4. The van der Waals surface area contributed by atoms with Gasteiger partial charge in [-0.3, -0.25) is 0 Å². The predicted octanol–water partition coefficient (Wildman–Crippen LogP) is 3.26. The molecule has 0 bridgehead atoms. The number of nitrogens with zero attached hydrogens (tertiary/aromatic N) is 4. The lowest BCUT2D eigenvalue weighted by Crippen LogP contribution is -2.78. The molecule has 1 N–H and O–H groups in total. The van der Waals surface area contributed by atoms with Gasteiger partial charge in [-0.05, 0) is 30.4 Å². The van der Waals surface area contributed by atoms with E-state index in [0.717, 1.165) is 40.7 Å². The molecule has 124 valence electrons. The highest BCUT2D eigenvalue weighted by Gasteiger charge is 2.55. The van der Waals surface area contributed by atoms with Gasteiger partial charge in [-0.1, -0.05) is 18.2 Å². The lowest BCUT2D eigenvalue weighted by molar-refractivity contribution is 0.0295. The van der Waals surface area contributed by atoms with Crippen LogP contribution in [-0.4, -0.2) is 51.2 Å². The average Bonchev–Trinajstić information content (AvgIpc) is 2.43. The van der Waals surface area contributed by atoms with Crippen LogP contribution in [0.3, 0.4) is 0 Å². The number of pyridine rings is 2. The summed E-state index contributed by atoms with van der Waals surface area (Å²) < 4.78 is 0. The Kier molecular flexibility index (Phi) is 3.22. The Hall–Kier alpha value is -2.34. The third kappa shape index (κ3) is 2.06. The van der Waals surface area contributed by atoms with E-state index in [1.54, 1.807) is 6.20 Å². The highest BCUT2D eigenvalue weighted by Crippen LogP contribution is 2.44. The number of rotatable bonds is 2. The number of hydrogen-bond donors (Lipinski definition) is 1. The van der Waals surface area contributed by atoms with Gasteiger partial charge in [0.05, 0.1) is 5.54 Å². The molecule has 2 aliphatic rings. The van der Waals surface area contributed by atoms with Crippen molar-refractivity contribution in [2.45, 2.75) is 18.9 Å². The van der Waals surface area contributed by atoms with E-state index >= 15 is 0 Å². The maximum atomic E-state index is 11.1. The standard InChI is InChI=1S/C17H17ClN4O2/c1-10(2)12-6-20-15(13-7-19-14(18)5-11(12)13)22-4-3-17(22)8-21(9-17)16(23)24/h5-7H,1,3-4,8-9H2,2H3,(H,23,24). The van der Waals surface area contributed by atoms with Crippen molar-refractivity contribution in [3.8, 4) is 0 Å². The Morgan fingerprint density at radius 1 is 1.33 bits per heavy atom. The van der Waals surface area contributed by atoms with Gasteiger partial charge in [0.2, 0.25) is 0 Å². The average molecular weight is 345 g/mol. The number of likely N-dealkylation sites (tertiary alicyclic amines) is 1. The van der Waals surface area contributed by atoms with Gasteiger partial charge in [0.15, 0.2) is 0 Å². The number of anilines is 1. The van der Waals surface area contributed by atoms with Crippen LogP contribution in [0, 0.1) is 0 Å². The minimum absolute atomic E-state index is 0.122. The summed E-state index contributed by atoms with van der Waals surface area (Å²) in [4.78, 5) is 23.6. The molecule has 24 heavy (non-hydrogen) atoms. The quantitative estimate of drug-likeness (QED) is 0.847. The zero-order chi connectivity index (χ0) is 17.1. The molecule has 0 radical (unpaired) electrons. The maximum Gasteiger partial charge on any atom is 0.407 e. The molecule has 2 fully saturated rings. The Labute approximate surface area is 144 Å². The first-order chi connectivity index (χ1) is 11.4. The fourth-order valence-corrected chi connectivity index (χ4v) is 3.81. The van der Waals surface area contributed by atoms with Crippen molar-refractivity contribution in [3.05, 3.63) is 35.8 Å². The molecule has 4 rings (SSSR count). The van der Waals surface area contributed by atoms with Gasteiger partial charge in [-0.2, -0.15) is 0 Å². The van der Waals surface area contributed by atoms with Crippen LogP contribution in [0.1, 0.15) is 18.9 Å². The molecule has 1 amide bonds. The second kappa shape index (κ2) is 5.08. The number of allylic oxidation sites excluding steroid dienone is 1. The highest BCUT2D eigenvalue weighted by molar-refractivity contribution is 6.30. The fourth-order valence-electron chi connectivity index (χ4n) is 3.65. The van der Waals surface area contributed by atoms with E-state index in [1.165, 1.54) is 4.90 Å². The SMILES string of the molecule is C=C(C)c1cnc(N2CCC23CN(C(=O)O)C3)c2cnc(Cl)cc12. The maximum absolute atomic E-state index is 11.1. The molecule has 7 heteroatoms. The van der Waals surface area contributed by atoms with Crippen molar-refractivity contribution < 1.29 is 9.90 Å². The van der Waals surface area contributed by atoms with E-state index in [0.29, 0.717) is 18.2 Å². The molecular formula is C17H17ClN4O2. The van der Waals surface area contributed by atoms with Crippen molar-refractivity contribution in [1.82, 2.24) is 14.9 Å². The molecule has 2 aromatic heterocycles. The number of amides is 1. The first-order valence-corrected chi connectivity index (χ1v) is 8.15. The first-order valence-electron chi connectivity index (χ1n) is 7.77. The minimum atomic E-state index is -0.864. The summed E-state index contributed by atoms with van der Waals surface area (Å²) >= 11 is 6.08. The number of carboxylic acid groups (broad SMARTS) is 1. The Morgan fingerprint density at radius 2 is 2.08 bits per heavy atom. The Balaban J connectivity index is 1.77. The van der Waals surface area contributed by atoms with Crippen LogP contribution in [0.15, 0.2) is 25.0 Å². The van der Waals surface area contributed by atoms with Gasteiger partial charge in [0.25, 0.3) is 0 Å². The molecule has 0 atom stereocenters. The number of carbonyl (C=O) groups is 1. The van der Waals surface area contributed by atoms with Gasteiger partial charge in [0.1, 0.15) is 11.0 Å². The summed E-state index contributed by atoms with van der Waals surface area (Å²) in [6.07, 6.45) is 3.67.